The fraction of sp³-hybridized carbons (Fsp3) is 0.533. The summed E-state index contributed by atoms with van der Waals surface area (Å²) in [5.41, 5.74) is 7.52. The van der Waals surface area contributed by atoms with Crippen molar-refractivity contribution in [2.45, 2.75) is 32.7 Å². The van der Waals surface area contributed by atoms with E-state index in [1.807, 2.05) is 12.1 Å². The number of benzene rings is 1. The van der Waals surface area contributed by atoms with Crippen LogP contribution in [-0.4, -0.2) is 29.0 Å². The number of carbonyl (C=O) groups excluding carboxylic acids is 1. The molecule has 1 atom stereocenters. The van der Waals surface area contributed by atoms with Gasteiger partial charge in [0.1, 0.15) is 5.75 Å². The second kappa shape index (κ2) is 5.61. The molecule has 1 aliphatic carbocycles. The zero-order valence-corrected chi connectivity index (χ0v) is 11.6. The zero-order chi connectivity index (χ0) is 14.0. The second-order valence-corrected chi connectivity index (χ2v) is 5.69. The number of carbonyl (C=O) groups is 1. The third-order valence-corrected chi connectivity index (χ3v) is 3.61. The van der Waals surface area contributed by atoms with Crippen LogP contribution in [-0.2, 0) is 11.2 Å². The van der Waals surface area contributed by atoms with E-state index in [2.05, 4.69) is 18.7 Å². The number of primary amides is 1. The smallest absolute Gasteiger partial charge is 0.231 e. The van der Waals surface area contributed by atoms with Crippen LogP contribution in [0.2, 0.25) is 0 Å². The van der Waals surface area contributed by atoms with E-state index in [1.165, 1.54) is 0 Å². The van der Waals surface area contributed by atoms with Crippen molar-refractivity contribution in [2.75, 3.05) is 13.1 Å². The fourth-order valence-corrected chi connectivity index (χ4v) is 2.96. The van der Waals surface area contributed by atoms with Crippen LogP contribution < -0.4 is 5.73 Å². The molecule has 0 saturated heterocycles. The van der Waals surface area contributed by atoms with E-state index >= 15 is 0 Å². The van der Waals surface area contributed by atoms with Crippen molar-refractivity contribution in [3.05, 3.63) is 29.3 Å². The molecule has 0 aliphatic heterocycles. The van der Waals surface area contributed by atoms with Gasteiger partial charge in [-0.25, -0.2) is 0 Å². The second-order valence-electron chi connectivity index (χ2n) is 5.69. The van der Waals surface area contributed by atoms with Crippen molar-refractivity contribution in [1.82, 2.24) is 4.90 Å². The van der Waals surface area contributed by atoms with Crippen molar-refractivity contribution in [2.24, 2.45) is 11.7 Å². The van der Waals surface area contributed by atoms with Gasteiger partial charge in [0.05, 0.1) is 6.54 Å². The summed E-state index contributed by atoms with van der Waals surface area (Å²) in [6, 6.07) is 5.82. The lowest BCUT2D eigenvalue weighted by molar-refractivity contribution is -0.119. The van der Waals surface area contributed by atoms with Gasteiger partial charge in [-0.3, -0.25) is 9.69 Å². The van der Waals surface area contributed by atoms with Crippen LogP contribution in [0.4, 0.5) is 0 Å². The minimum atomic E-state index is -0.297. The van der Waals surface area contributed by atoms with Crippen molar-refractivity contribution >= 4 is 5.91 Å². The molecule has 1 amide bonds. The summed E-state index contributed by atoms with van der Waals surface area (Å²) in [5.74, 6) is 0.540. The quantitative estimate of drug-likeness (QED) is 0.850. The number of nitrogens with zero attached hydrogens (tertiary/aromatic N) is 1. The van der Waals surface area contributed by atoms with Crippen LogP contribution in [0.25, 0.3) is 0 Å². The van der Waals surface area contributed by atoms with E-state index in [4.69, 9.17) is 5.73 Å². The number of hydrogen-bond donors (Lipinski definition) is 2. The first kappa shape index (κ1) is 13.9. The van der Waals surface area contributed by atoms with Crippen LogP contribution in [0.5, 0.6) is 5.75 Å². The molecule has 19 heavy (non-hydrogen) atoms. The highest BCUT2D eigenvalue weighted by Gasteiger charge is 2.30. The number of phenolic OH excluding ortho intramolecular Hbond substituents is 1. The normalized spacial score (nSPS) is 18.0. The fourth-order valence-electron chi connectivity index (χ4n) is 2.96. The highest BCUT2D eigenvalue weighted by Crippen LogP contribution is 2.39. The van der Waals surface area contributed by atoms with E-state index in [1.54, 1.807) is 6.07 Å². The predicted octanol–water partition coefficient (Wildman–Crippen LogP) is 1.82. The standard InChI is InChI=1S/C15H22N2O2/c1-10(2)8-17(9-15(16)19)13-7-6-12-11(13)4-3-5-14(12)18/h3-5,10,13,18H,6-9H2,1-2H3,(H2,16,19). The highest BCUT2D eigenvalue weighted by atomic mass is 16.3. The average molecular weight is 262 g/mol. The van der Waals surface area contributed by atoms with Gasteiger partial charge in [-0.1, -0.05) is 26.0 Å². The number of fused-ring (bicyclic) bond motifs is 1. The summed E-state index contributed by atoms with van der Waals surface area (Å²) >= 11 is 0. The van der Waals surface area contributed by atoms with E-state index in [-0.39, 0.29) is 18.5 Å². The largest absolute Gasteiger partial charge is 0.508 e. The third-order valence-electron chi connectivity index (χ3n) is 3.61. The van der Waals surface area contributed by atoms with Crippen LogP contribution in [0, 0.1) is 5.92 Å². The monoisotopic (exact) mass is 262 g/mol. The molecule has 0 fully saturated rings. The first-order valence-corrected chi connectivity index (χ1v) is 6.82. The summed E-state index contributed by atoms with van der Waals surface area (Å²) in [4.78, 5) is 13.4. The molecule has 0 radical (unpaired) electrons. The molecule has 1 unspecified atom stereocenters. The van der Waals surface area contributed by atoms with Gasteiger partial charge in [0.15, 0.2) is 0 Å². The number of aromatic hydroxyl groups is 1. The molecule has 0 heterocycles. The van der Waals surface area contributed by atoms with Crippen molar-refractivity contribution < 1.29 is 9.90 Å². The molecule has 0 bridgehead atoms. The number of nitrogens with two attached hydrogens (primary N) is 1. The molecule has 4 nitrogen and oxygen atoms in total. The van der Waals surface area contributed by atoms with E-state index in [0.717, 1.165) is 30.5 Å². The summed E-state index contributed by atoms with van der Waals surface area (Å²) < 4.78 is 0. The minimum absolute atomic E-state index is 0.192. The molecular weight excluding hydrogens is 240 g/mol. The summed E-state index contributed by atoms with van der Waals surface area (Å²) in [6.07, 6.45) is 1.80. The Morgan fingerprint density at radius 1 is 1.53 bits per heavy atom. The van der Waals surface area contributed by atoms with Gasteiger partial charge in [-0.05, 0) is 36.0 Å². The molecule has 0 spiro atoms. The number of rotatable bonds is 5. The van der Waals surface area contributed by atoms with Crippen molar-refractivity contribution in [1.29, 1.82) is 0 Å². The Morgan fingerprint density at radius 3 is 2.89 bits per heavy atom. The lowest BCUT2D eigenvalue weighted by atomic mass is 10.0. The number of hydrogen-bond acceptors (Lipinski definition) is 3. The molecule has 1 aromatic rings. The highest BCUT2D eigenvalue weighted by molar-refractivity contribution is 5.76. The van der Waals surface area contributed by atoms with Crippen LogP contribution in [0.3, 0.4) is 0 Å². The molecule has 1 aromatic carbocycles. The van der Waals surface area contributed by atoms with Gasteiger partial charge in [-0.2, -0.15) is 0 Å². The maximum atomic E-state index is 11.3. The predicted molar refractivity (Wildman–Crippen MR) is 74.8 cm³/mol. The Labute approximate surface area is 114 Å². The number of phenols is 1. The maximum absolute atomic E-state index is 11.3. The van der Waals surface area contributed by atoms with Gasteiger partial charge >= 0.3 is 0 Å². The lowest BCUT2D eigenvalue weighted by Crippen LogP contribution is -2.38. The van der Waals surface area contributed by atoms with Gasteiger partial charge in [0.25, 0.3) is 0 Å². The molecular formula is C15H22N2O2. The molecule has 0 saturated carbocycles. The molecule has 1 aliphatic rings. The molecule has 0 aromatic heterocycles. The Morgan fingerprint density at radius 2 is 2.26 bits per heavy atom. The maximum Gasteiger partial charge on any atom is 0.231 e. The summed E-state index contributed by atoms with van der Waals surface area (Å²) in [6.45, 7) is 5.37. The van der Waals surface area contributed by atoms with Crippen molar-refractivity contribution in [3.8, 4) is 5.75 Å². The Kier molecular flexibility index (Phi) is 4.10. The van der Waals surface area contributed by atoms with Gasteiger partial charge in [0, 0.05) is 12.6 Å². The van der Waals surface area contributed by atoms with Gasteiger partial charge < -0.3 is 10.8 Å². The van der Waals surface area contributed by atoms with E-state index in [9.17, 15) is 9.90 Å². The van der Waals surface area contributed by atoms with E-state index in [0.29, 0.717) is 11.7 Å². The summed E-state index contributed by atoms with van der Waals surface area (Å²) in [7, 11) is 0. The molecule has 3 N–H and O–H groups in total. The average Bonchev–Trinajstić information content (AvgIpc) is 2.72. The Hall–Kier alpha value is -1.55. The zero-order valence-electron chi connectivity index (χ0n) is 11.6. The lowest BCUT2D eigenvalue weighted by Gasteiger charge is -2.30. The number of amides is 1. The van der Waals surface area contributed by atoms with Crippen LogP contribution >= 0.6 is 0 Å². The third kappa shape index (κ3) is 3.07. The SMILES string of the molecule is CC(C)CN(CC(N)=O)C1CCc2c(O)cccc21. The summed E-state index contributed by atoms with van der Waals surface area (Å²) in [5, 5.41) is 9.88. The Bertz CT molecular complexity index is 471. The van der Waals surface area contributed by atoms with Gasteiger partial charge in [-0.15, -0.1) is 0 Å². The van der Waals surface area contributed by atoms with Gasteiger partial charge in [0.2, 0.25) is 5.91 Å². The van der Waals surface area contributed by atoms with Crippen LogP contribution in [0.15, 0.2) is 18.2 Å². The molecule has 4 heteroatoms. The first-order chi connectivity index (χ1) is 8.99. The molecule has 104 valence electrons. The topological polar surface area (TPSA) is 66.6 Å². The van der Waals surface area contributed by atoms with Crippen LogP contribution in [0.1, 0.15) is 37.4 Å². The Balaban J connectivity index is 2.25. The van der Waals surface area contributed by atoms with Crippen molar-refractivity contribution in [3.63, 3.8) is 0 Å². The van der Waals surface area contributed by atoms with E-state index < -0.39 is 0 Å². The minimum Gasteiger partial charge on any atom is -0.508 e. The first-order valence-electron chi connectivity index (χ1n) is 6.82. The molecule has 2 rings (SSSR count).